The van der Waals surface area contributed by atoms with Gasteiger partial charge in [-0.15, -0.1) is 0 Å². The molecule has 2 saturated heterocycles. The number of aldehydes is 1. The Kier molecular flexibility index (Phi) is 19.6. The smallest absolute Gasteiger partial charge is 0.309 e. The average molecular weight is 1060 g/mol. The fraction of sp³-hybridized carbons (Fsp3) is 0.400. The van der Waals surface area contributed by atoms with Crippen LogP contribution in [0.4, 0.5) is 11.4 Å². The van der Waals surface area contributed by atoms with Crippen molar-refractivity contribution >= 4 is 76.0 Å². The van der Waals surface area contributed by atoms with Crippen molar-refractivity contribution in [2.24, 2.45) is 0 Å². The van der Waals surface area contributed by atoms with Gasteiger partial charge in [-0.1, -0.05) is 101 Å². The summed E-state index contributed by atoms with van der Waals surface area (Å²) in [5.41, 5.74) is 9.10. The van der Waals surface area contributed by atoms with Crippen LogP contribution in [0.25, 0.3) is 22.5 Å². The van der Waals surface area contributed by atoms with E-state index < -0.39 is 0 Å². The highest BCUT2D eigenvalue weighted by Gasteiger charge is 2.35. The van der Waals surface area contributed by atoms with Gasteiger partial charge in [0.25, 0.3) is 0 Å². The highest BCUT2D eigenvalue weighted by molar-refractivity contribution is 6.39. The van der Waals surface area contributed by atoms with Crippen molar-refractivity contribution in [3.63, 3.8) is 0 Å². The number of methoxy groups -OCH3 is 2. The average Bonchev–Trinajstić information content (AvgIpc) is 4.34. The number of rotatable bonds is 15. The largest absolute Gasteiger partial charge is 0.469 e. The maximum Gasteiger partial charge on any atom is 0.309 e. The lowest BCUT2D eigenvalue weighted by Crippen LogP contribution is -2.47. The molecular formula is C55H62Cl4N6O7. The number of halogens is 4. The monoisotopic (exact) mass is 1060 g/mol. The molecular weight excluding hydrogens is 998 g/mol. The summed E-state index contributed by atoms with van der Waals surface area (Å²) in [5, 5.41) is 14.0. The molecule has 2 aromatic heterocycles. The van der Waals surface area contributed by atoms with Crippen molar-refractivity contribution in [3.8, 4) is 22.5 Å². The van der Waals surface area contributed by atoms with Crippen LogP contribution < -0.4 is 15.1 Å². The first-order chi connectivity index (χ1) is 34.5. The number of piperazine rings is 2. The Morgan fingerprint density at radius 2 is 1.04 bits per heavy atom. The molecule has 4 heterocycles. The number of esters is 2. The minimum Gasteiger partial charge on any atom is -0.469 e. The molecule has 4 aliphatic rings. The lowest BCUT2D eigenvalue weighted by Gasteiger charge is -2.36. The van der Waals surface area contributed by atoms with Crippen LogP contribution in [0.3, 0.4) is 0 Å². The number of hydrogen-bond donors (Lipinski definition) is 1. The van der Waals surface area contributed by atoms with E-state index >= 15 is 0 Å². The number of nitrogens with one attached hydrogen (secondary N) is 1. The second-order valence-corrected chi connectivity index (χ2v) is 19.6. The summed E-state index contributed by atoms with van der Waals surface area (Å²) in [5.74, 6) is 2.24. The van der Waals surface area contributed by atoms with Crippen molar-refractivity contribution in [1.29, 1.82) is 0 Å². The molecule has 10 rings (SSSR count). The van der Waals surface area contributed by atoms with Crippen LogP contribution >= 0.6 is 46.4 Å². The lowest BCUT2D eigenvalue weighted by atomic mass is 10.0. The number of anilines is 2. The topological polar surface area (TPSA) is 143 Å². The summed E-state index contributed by atoms with van der Waals surface area (Å²) in [6, 6.07) is 27.1. The lowest BCUT2D eigenvalue weighted by molar-refractivity contribution is -0.140. The number of benzene rings is 4. The molecule has 6 aromatic rings. The molecule has 72 heavy (non-hydrogen) atoms. The molecule has 4 fully saturated rings. The van der Waals surface area contributed by atoms with E-state index in [9.17, 15) is 14.4 Å². The van der Waals surface area contributed by atoms with E-state index in [-0.39, 0.29) is 25.8 Å². The Labute approximate surface area is 442 Å². The summed E-state index contributed by atoms with van der Waals surface area (Å²) < 4.78 is 20.6. The van der Waals surface area contributed by atoms with E-state index in [0.717, 1.165) is 142 Å². The van der Waals surface area contributed by atoms with Gasteiger partial charge in [0.05, 0.1) is 47.2 Å². The molecule has 0 bridgehead atoms. The molecule has 0 radical (unpaired) electrons. The van der Waals surface area contributed by atoms with Gasteiger partial charge in [0.2, 0.25) is 0 Å². The van der Waals surface area contributed by atoms with E-state index in [1.165, 1.54) is 25.6 Å². The second kappa shape index (κ2) is 26.0. The zero-order valence-electron chi connectivity index (χ0n) is 39.9. The molecule has 2 aliphatic carbocycles. The van der Waals surface area contributed by atoms with Crippen LogP contribution in [0.1, 0.15) is 78.7 Å². The third-order valence-electron chi connectivity index (χ3n) is 13.1. The summed E-state index contributed by atoms with van der Waals surface area (Å²) >= 11 is 25.4. The SMILES string of the molecule is C.COC(=O)Cc1ccc(N2CCN(CCc3c(-c4c(Cl)cccc4Cl)noc3C3CC3)CC2)cc1.COC(=O)Cc1ccc(N2CCNCC2)cc1.O=CCc1c(-c2c(Cl)cccc2Cl)noc1C1CC1. The molecule has 1 N–H and O–H groups in total. The quantitative estimate of drug-likeness (QED) is 0.0770. The van der Waals surface area contributed by atoms with Crippen LogP contribution in [0.15, 0.2) is 94.0 Å². The number of aromatic nitrogens is 2. The van der Waals surface area contributed by atoms with Crippen LogP contribution in [-0.4, -0.2) is 107 Å². The van der Waals surface area contributed by atoms with Gasteiger partial charge in [0, 0.05) is 111 Å². The molecule has 2 aliphatic heterocycles. The van der Waals surface area contributed by atoms with Gasteiger partial charge < -0.3 is 38.4 Å². The Hall–Kier alpha value is -5.41. The Balaban J connectivity index is 0.000000173. The maximum atomic E-state index is 11.5. The fourth-order valence-electron chi connectivity index (χ4n) is 8.89. The summed E-state index contributed by atoms with van der Waals surface area (Å²) in [7, 11) is 2.83. The Morgan fingerprint density at radius 1 is 0.625 bits per heavy atom. The van der Waals surface area contributed by atoms with Crippen molar-refractivity contribution in [1.82, 2.24) is 20.5 Å². The predicted octanol–water partition coefficient (Wildman–Crippen LogP) is 11.3. The predicted molar refractivity (Wildman–Crippen MR) is 286 cm³/mol. The van der Waals surface area contributed by atoms with Gasteiger partial charge in [-0.3, -0.25) is 14.5 Å². The molecule has 0 atom stereocenters. The van der Waals surface area contributed by atoms with Gasteiger partial charge in [0.15, 0.2) is 0 Å². The number of carbonyl (C=O) groups excluding carboxylic acids is 3. The zero-order valence-corrected chi connectivity index (χ0v) is 43.0. The van der Waals surface area contributed by atoms with Crippen LogP contribution in [-0.2, 0) is 49.5 Å². The van der Waals surface area contributed by atoms with Crippen LogP contribution in [0.5, 0.6) is 0 Å². The van der Waals surface area contributed by atoms with E-state index in [1.807, 2.05) is 42.5 Å². The molecule has 17 heteroatoms. The molecule has 0 spiro atoms. The molecule has 2 saturated carbocycles. The first-order valence-electron chi connectivity index (χ1n) is 24.1. The van der Waals surface area contributed by atoms with Crippen molar-refractivity contribution in [2.75, 3.05) is 82.9 Å². The summed E-state index contributed by atoms with van der Waals surface area (Å²) in [4.78, 5) is 40.7. The summed E-state index contributed by atoms with van der Waals surface area (Å²) in [6.07, 6.45) is 7.08. The maximum absolute atomic E-state index is 11.5. The minimum atomic E-state index is -0.219. The zero-order chi connectivity index (χ0) is 49.9. The standard InChI is InChI=1S/C27H29Cl2N3O3.C14H11Cl2NO2.C13H18N2O2.CH4/c1-34-24(33)17-18-5-9-20(10-6-18)32-15-13-31(14-16-32)12-11-21-26(30-35-27(21)19-7-8-19)25-22(28)3-2-4-23(25)29;15-10-2-1-3-11(16)12(10)13-9(6-7-18)14(19-17-13)8-4-5-8;1-17-13(16)10-11-2-4-12(5-3-11)15-8-6-14-7-9-15;/h2-6,9-10,19H,7-8,11-17H2,1H3;1-3,7-8H,4-6H2;2-5,14H,6-10H2,1H3;1H4. The second-order valence-electron chi connectivity index (χ2n) is 18.0. The molecule has 13 nitrogen and oxygen atoms in total. The van der Waals surface area contributed by atoms with E-state index in [1.54, 1.807) is 18.2 Å². The van der Waals surface area contributed by atoms with Crippen molar-refractivity contribution in [2.45, 2.75) is 70.6 Å². The fourth-order valence-corrected chi connectivity index (χ4v) is 10.0. The van der Waals surface area contributed by atoms with E-state index in [2.05, 4.69) is 59.3 Å². The van der Waals surface area contributed by atoms with Gasteiger partial charge >= 0.3 is 11.9 Å². The van der Waals surface area contributed by atoms with Gasteiger partial charge in [-0.25, -0.2) is 0 Å². The first-order valence-corrected chi connectivity index (χ1v) is 25.6. The van der Waals surface area contributed by atoms with E-state index in [4.69, 9.17) is 60.2 Å². The Bertz CT molecular complexity index is 2700. The minimum absolute atomic E-state index is 0. The molecule has 4 aromatic carbocycles. The number of carbonyl (C=O) groups is 3. The van der Waals surface area contributed by atoms with Gasteiger partial charge in [-0.2, -0.15) is 0 Å². The highest BCUT2D eigenvalue weighted by Crippen LogP contribution is 2.47. The third-order valence-corrected chi connectivity index (χ3v) is 14.4. The molecule has 0 unspecified atom stereocenters. The molecule has 0 amide bonds. The number of nitrogens with zero attached hydrogens (tertiary/aromatic N) is 5. The molecule has 382 valence electrons. The van der Waals surface area contributed by atoms with Crippen molar-refractivity contribution in [3.05, 3.63) is 139 Å². The van der Waals surface area contributed by atoms with Crippen molar-refractivity contribution < 1.29 is 32.9 Å². The highest BCUT2D eigenvalue weighted by atomic mass is 35.5. The van der Waals surface area contributed by atoms with Crippen LogP contribution in [0.2, 0.25) is 20.1 Å². The van der Waals surface area contributed by atoms with Crippen LogP contribution in [0, 0.1) is 0 Å². The normalized spacial score (nSPS) is 15.6. The van der Waals surface area contributed by atoms with E-state index in [0.29, 0.717) is 56.0 Å². The first kappa shape index (κ1) is 54.4. The summed E-state index contributed by atoms with van der Waals surface area (Å²) in [6.45, 7) is 8.95. The van der Waals surface area contributed by atoms with Gasteiger partial charge in [-0.05, 0) is 91.8 Å². The number of ether oxygens (including phenoxy) is 2. The van der Waals surface area contributed by atoms with Gasteiger partial charge in [0.1, 0.15) is 29.2 Å². The third kappa shape index (κ3) is 14.0. The number of hydrogen-bond acceptors (Lipinski definition) is 13. The Morgan fingerprint density at radius 3 is 1.46 bits per heavy atom.